The molecular formula is C12H24N2O. The molecule has 0 aliphatic heterocycles. The summed E-state index contributed by atoms with van der Waals surface area (Å²) in [6.07, 6.45) is 4.65. The largest absolute Gasteiger partial charge is 0.349 e. The molecule has 0 bridgehead atoms. The number of carbonyl (C=O) groups excluding carboxylic acids is 1. The molecule has 2 unspecified atom stereocenters. The zero-order valence-electron chi connectivity index (χ0n) is 10.2. The van der Waals surface area contributed by atoms with Gasteiger partial charge in [0.25, 0.3) is 0 Å². The Morgan fingerprint density at radius 3 is 2.67 bits per heavy atom. The van der Waals surface area contributed by atoms with Gasteiger partial charge in [-0.2, -0.15) is 0 Å². The van der Waals surface area contributed by atoms with E-state index in [1.54, 1.807) is 0 Å². The van der Waals surface area contributed by atoms with Gasteiger partial charge in [0.1, 0.15) is 0 Å². The highest BCUT2D eigenvalue weighted by atomic mass is 16.2. The van der Waals surface area contributed by atoms with Gasteiger partial charge in [-0.3, -0.25) is 4.79 Å². The van der Waals surface area contributed by atoms with E-state index in [1.807, 2.05) is 13.8 Å². The van der Waals surface area contributed by atoms with Crippen LogP contribution in [0.15, 0.2) is 0 Å². The van der Waals surface area contributed by atoms with E-state index in [0.29, 0.717) is 12.5 Å². The molecule has 0 aromatic rings. The average molecular weight is 212 g/mol. The number of hydrogen-bond acceptors (Lipinski definition) is 2. The van der Waals surface area contributed by atoms with Crippen LogP contribution in [0.3, 0.4) is 0 Å². The summed E-state index contributed by atoms with van der Waals surface area (Å²) in [5.74, 6) is 0.677. The highest BCUT2D eigenvalue weighted by molar-refractivity contribution is 5.78. The maximum absolute atomic E-state index is 11.8. The van der Waals surface area contributed by atoms with Gasteiger partial charge >= 0.3 is 0 Å². The van der Waals surface area contributed by atoms with Gasteiger partial charge in [0.05, 0.1) is 5.54 Å². The van der Waals surface area contributed by atoms with E-state index in [9.17, 15) is 4.79 Å². The van der Waals surface area contributed by atoms with Crippen molar-refractivity contribution in [3.05, 3.63) is 0 Å². The van der Waals surface area contributed by atoms with Gasteiger partial charge in [0.2, 0.25) is 5.91 Å². The summed E-state index contributed by atoms with van der Waals surface area (Å²) in [6, 6.07) is 0. The predicted molar refractivity (Wildman–Crippen MR) is 62.4 cm³/mol. The van der Waals surface area contributed by atoms with E-state index in [1.165, 1.54) is 19.3 Å². The molecule has 3 heteroatoms. The summed E-state index contributed by atoms with van der Waals surface area (Å²) in [6.45, 7) is 6.61. The van der Waals surface area contributed by atoms with Crippen LogP contribution < -0.4 is 11.1 Å². The highest BCUT2D eigenvalue weighted by Crippen LogP contribution is 2.33. The first-order valence-electron chi connectivity index (χ1n) is 6.04. The van der Waals surface area contributed by atoms with Gasteiger partial charge in [0, 0.05) is 12.5 Å². The molecule has 1 aliphatic carbocycles. The summed E-state index contributed by atoms with van der Waals surface area (Å²) >= 11 is 0. The van der Waals surface area contributed by atoms with Crippen molar-refractivity contribution in [1.82, 2.24) is 5.32 Å². The van der Waals surface area contributed by atoms with Crippen molar-refractivity contribution in [3.8, 4) is 0 Å². The Kier molecular flexibility index (Phi) is 4.14. The van der Waals surface area contributed by atoms with Crippen LogP contribution in [0.25, 0.3) is 0 Å². The van der Waals surface area contributed by atoms with Gasteiger partial charge in [0.15, 0.2) is 0 Å². The Hall–Kier alpha value is -0.570. The normalized spacial score (nSPS) is 31.7. The lowest BCUT2D eigenvalue weighted by atomic mass is 9.73. The standard InChI is InChI=1S/C12H24N2O/c1-9(2)11(15)14-12(8-13)7-5-4-6-10(12)3/h9-10H,4-8,13H2,1-3H3,(H,14,15). The SMILES string of the molecule is CC(C)C(=O)NC1(CN)CCCCC1C. The number of rotatable bonds is 3. The molecule has 0 saturated heterocycles. The minimum absolute atomic E-state index is 0.0440. The molecular weight excluding hydrogens is 188 g/mol. The van der Waals surface area contributed by atoms with Crippen molar-refractivity contribution in [3.63, 3.8) is 0 Å². The fraction of sp³-hybridized carbons (Fsp3) is 0.917. The van der Waals surface area contributed by atoms with Gasteiger partial charge in [-0.15, -0.1) is 0 Å². The van der Waals surface area contributed by atoms with Crippen LogP contribution in [0.2, 0.25) is 0 Å². The molecule has 1 fully saturated rings. The van der Waals surface area contributed by atoms with Crippen molar-refractivity contribution in [2.75, 3.05) is 6.54 Å². The van der Waals surface area contributed by atoms with Crippen molar-refractivity contribution in [1.29, 1.82) is 0 Å². The number of nitrogens with one attached hydrogen (secondary N) is 1. The first kappa shape index (κ1) is 12.5. The molecule has 1 aliphatic rings. The van der Waals surface area contributed by atoms with Crippen LogP contribution in [0, 0.1) is 11.8 Å². The molecule has 0 heterocycles. The van der Waals surface area contributed by atoms with Crippen LogP contribution in [0.1, 0.15) is 46.5 Å². The van der Waals surface area contributed by atoms with Gasteiger partial charge in [-0.1, -0.05) is 33.6 Å². The second-order valence-corrected chi connectivity index (χ2v) is 5.15. The second-order valence-electron chi connectivity index (χ2n) is 5.15. The lowest BCUT2D eigenvalue weighted by molar-refractivity contribution is -0.127. The summed E-state index contributed by atoms with van der Waals surface area (Å²) in [4.78, 5) is 11.8. The minimum atomic E-state index is -0.139. The summed E-state index contributed by atoms with van der Waals surface area (Å²) in [5, 5.41) is 3.17. The van der Waals surface area contributed by atoms with Gasteiger partial charge < -0.3 is 11.1 Å². The first-order valence-corrected chi connectivity index (χ1v) is 6.04. The Labute approximate surface area is 92.8 Å². The number of hydrogen-bond donors (Lipinski definition) is 2. The van der Waals surface area contributed by atoms with Crippen LogP contribution in [0.5, 0.6) is 0 Å². The number of nitrogens with two attached hydrogens (primary N) is 1. The average Bonchev–Trinajstić information content (AvgIpc) is 2.21. The number of amides is 1. The Morgan fingerprint density at radius 2 is 2.20 bits per heavy atom. The molecule has 0 aromatic heterocycles. The first-order chi connectivity index (χ1) is 7.02. The van der Waals surface area contributed by atoms with E-state index < -0.39 is 0 Å². The summed E-state index contributed by atoms with van der Waals surface area (Å²) in [7, 11) is 0. The van der Waals surface area contributed by atoms with E-state index in [0.717, 1.165) is 6.42 Å². The fourth-order valence-corrected chi connectivity index (χ4v) is 2.34. The third-order valence-corrected chi connectivity index (χ3v) is 3.71. The third kappa shape index (κ3) is 2.71. The number of carbonyl (C=O) groups is 1. The highest BCUT2D eigenvalue weighted by Gasteiger charge is 2.38. The molecule has 2 atom stereocenters. The summed E-state index contributed by atoms with van der Waals surface area (Å²) < 4.78 is 0. The zero-order chi connectivity index (χ0) is 11.5. The van der Waals surface area contributed by atoms with Gasteiger partial charge in [-0.25, -0.2) is 0 Å². The molecule has 1 saturated carbocycles. The molecule has 1 rings (SSSR count). The fourth-order valence-electron chi connectivity index (χ4n) is 2.34. The molecule has 0 radical (unpaired) electrons. The van der Waals surface area contributed by atoms with E-state index in [2.05, 4.69) is 12.2 Å². The summed E-state index contributed by atoms with van der Waals surface area (Å²) in [5.41, 5.74) is 5.72. The van der Waals surface area contributed by atoms with Crippen LogP contribution in [-0.4, -0.2) is 18.0 Å². The predicted octanol–water partition coefficient (Wildman–Crippen LogP) is 1.67. The zero-order valence-corrected chi connectivity index (χ0v) is 10.2. The van der Waals surface area contributed by atoms with E-state index in [-0.39, 0.29) is 17.4 Å². The van der Waals surface area contributed by atoms with Crippen molar-refractivity contribution in [2.24, 2.45) is 17.6 Å². The minimum Gasteiger partial charge on any atom is -0.349 e. The molecule has 0 aromatic carbocycles. The molecule has 3 nitrogen and oxygen atoms in total. The maximum Gasteiger partial charge on any atom is 0.223 e. The van der Waals surface area contributed by atoms with Crippen LogP contribution >= 0.6 is 0 Å². The van der Waals surface area contributed by atoms with E-state index >= 15 is 0 Å². The molecule has 15 heavy (non-hydrogen) atoms. The molecule has 88 valence electrons. The third-order valence-electron chi connectivity index (χ3n) is 3.71. The van der Waals surface area contributed by atoms with Crippen molar-refractivity contribution >= 4 is 5.91 Å². The topological polar surface area (TPSA) is 55.1 Å². The molecule has 3 N–H and O–H groups in total. The van der Waals surface area contributed by atoms with Crippen LogP contribution in [-0.2, 0) is 4.79 Å². The Bertz CT molecular complexity index is 228. The second kappa shape index (κ2) is 4.97. The van der Waals surface area contributed by atoms with E-state index in [4.69, 9.17) is 5.73 Å². The lowest BCUT2D eigenvalue weighted by Gasteiger charge is -2.43. The molecule has 1 amide bonds. The van der Waals surface area contributed by atoms with Crippen LogP contribution in [0.4, 0.5) is 0 Å². The quantitative estimate of drug-likeness (QED) is 0.747. The Balaban J connectivity index is 2.70. The Morgan fingerprint density at radius 1 is 1.53 bits per heavy atom. The smallest absolute Gasteiger partial charge is 0.223 e. The lowest BCUT2D eigenvalue weighted by Crippen LogP contribution is -2.59. The van der Waals surface area contributed by atoms with Gasteiger partial charge in [-0.05, 0) is 18.8 Å². The monoisotopic (exact) mass is 212 g/mol. The maximum atomic E-state index is 11.8. The molecule has 0 spiro atoms. The van der Waals surface area contributed by atoms with Crippen molar-refractivity contribution in [2.45, 2.75) is 52.0 Å². The van der Waals surface area contributed by atoms with Crippen molar-refractivity contribution < 1.29 is 4.79 Å².